The molecule has 3 aromatic rings. The molecule has 5 nitrogen and oxygen atoms in total. The van der Waals surface area contributed by atoms with Gasteiger partial charge in [-0.3, -0.25) is 9.20 Å². The van der Waals surface area contributed by atoms with E-state index in [9.17, 15) is 9.90 Å². The highest BCUT2D eigenvalue weighted by Crippen LogP contribution is 2.27. The van der Waals surface area contributed by atoms with Crippen LogP contribution >= 0.6 is 0 Å². The summed E-state index contributed by atoms with van der Waals surface area (Å²) in [6, 6.07) is 13.4. The number of Topliss-reactive ketones (excluding diaryl/α,β-unsaturated/α-hetero) is 1. The highest BCUT2D eigenvalue weighted by Gasteiger charge is 2.23. The number of fused-ring (bicyclic) bond motifs is 1. The fourth-order valence-corrected chi connectivity index (χ4v) is 3.41. The third-order valence-electron chi connectivity index (χ3n) is 5.09. The van der Waals surface area contributed by atoms with Gasteiger partial charge in [0, 0.05) is 18.5 Å². The lowest BCUT2D eigenvalue weighted by Gasteiger charge is -2.18. The summed E-state index contributed by atoms with van der Waals surface area (Å²) in [5.74, 6) is 0.408. The summed E-state index contributed by atoms with van der Waals surface area (Å²) in [5, 5.41) is 9.82. The second-order valence-electron chi connectivity index (χ2n) is 8.69. The Morgan fingerprint density at radius 2 is 1.90 bits per heavy atom. The van der Waals surface area contributed by atoms with Crippen molar-refractivity contribution in [1.82, 2.24) is 9.38 Å². The largest absolute Gasteiger partial charge is 0.490 e. The summed E-state index contributed by atoms with van der Waals surface area (Å²) < 4.78 is 7.79. The van der Waals surface area contributed by atoms with E-state index >= 15 is 0 Å². The van der Waals surface area contributed by atoms with E-state index in [0.717, 1.165) is 12.0 Å². The van der Waals surface area contributed by atoms with E-state index in [0.29, 0.717) is 29.4 Å². The predicted molar refractivity (Wildman–Crippen MR) is 115 cm³/mol. The first-order valence-electron chi connectivity index (χ1n) is 10.1. The minimum Gasteiger partial charge on any atom is -0.490 e. The number of pyridine rings is 1. The number of aliphatic hydroxyl groups is 1. The molecule has 0 aliphatic heterocycles. The highest BCUT2D eigenvalue weighted by atomic mass is 16.5. The van der Waals surface area contributed by atoms with Gasteiger partial charge in [0.2, 0.25) is 0 Å². The standard InChI is InChI=1S/C24H30N2O3/c1-17-22(20(28)15-19(16-27)18-9-6-5-7-10-18)26-13-8-11-21(23(26)25-17)29-14-12-24(2,3)4/h5-11,13,19,27H,12,14-16H2,1-4H3/t19-/m0/s1. The molecule has 2 heterocycles. The summed E-state index contributed by atoms with van der Waals surface area (Å²) in [5.41, 5.74) is 3.03. The summed E-state index contributed by atoms with van der Waals surface area (Å²) >= 11 is 0. The van der Waals surface area contributed by atoms with Crippen LogP contribution in [0.3, 0.4) is 0 Å². The van der Waals surface area contributed by atoms with Gasteiger partial charge in [-0.1, -0.05) is 51.1 Å². The van der Waals surface area contributed by atoms with Crippen molar-refractivity contribution in [2.24, 2.45) is 5.41 Å². The first kappa shape index (κ1) is 21.1. The van der Waals surface area contributed by atoms with Crippen LogP contribution in [-0.4, -0.2) is 33.5 Å². The van der Waals surface area contributed by atoms with E-state index < -0.39 is 0 Å². The van der Waals surface area contributed by atoms with Crippen molar-refractivity contribution in [2.45, 2.75) is 46.5 Å². The van der Waals surface area contributed by atoms with Crippen molar-refractivity contribution in [1.29, 1.82) is 0 Å². The molecule has 1 atom stereocenters. The monoisotopic (exact) mass is 394 g/mol. The second-order valence-corrected chi connectivity index (χ2v) is 8.69. The zero-order valence-corrected chi connectivity index (χ0v) is 17.7. The normalized spacial score (nSPS) is 12.9. The number of carbonyl (C=O) groups is 1. The molecular weight excluding hydrogens is 364 g/mol. The van der Waals surface area contributed by atoms with Gasteiger partial charge < -0.3 is 9.84 Å². The fourth-order valence-electron chi connectivity index (χ4n) is 3.41. The van der Waals surface area contributed by atoms with Gasteiger partial charge in [-0.25, -0.2) is 4.98 Å². The number of carbonyl (C=O) groups excluding carboxylic acids is 1. The number of aryl methyl sites for hydroxylation is 1. The quantitative estimate of drug-likeness (QED) is 0.557. The van der Waals surface area contributed by atoms with Crippen LogP contribution in [0.15, 0.2) is 48.7 Å². The minimum atomic E-state index is -0.236. The molecule has 0 saturated heterocycles. The Kier molecular flexibility index (Phi) is 6.38. The zero-order valence-electron chi connectivity index (χ0n) is 17.7. The van der Waals surface area contributed by atoms with Crippen LogP contribution in [0, 0.1) is 12.3 Å². The topological polar surface area (TPSA) is 63.8 Å². The Balaban J connectivity index is 1.85. The molecule has 5 heteroatoms. The molecule has 0 unspecified atom stereocenters. The molecule has 2 aromatic heterocycles. The predicted octanol–water partition coefficient (Wildman–Crippen LogP) is 4.81. The number of aromatic nitrogens is 2. The Morgan fingerprint density at radius 1 is 1.17 bits per heavy atom. The van der Waals surface area contributed by atoms with Crippen LogP contribution in [0.4, 0.5) is 0 Å². The number of benzene rings is 1. The number of ether oxygens (including phenoxy) is 1. The van der Waals surface area contributed by atoms with Crippen LogP contribution in [0.5, 0.6) is 5.75 Å². The number of imidazole rings is 1. The van der Waals surface area contributed by atoms with E-state index in [-0.39, 0.29) is 30.1 Å². The number of rotatable bonds is 8. The second kappa shape index (κ2) is 8.78. The lowest BCUT2D eigenvalue weighted by Crippen LogP contribution is -2.14. The van der Waals surface area contributed by atoms with Gasteiger partial charge in [-0.2, -0.15) is 0 Å². The fraction of sp³-hybridized carbons (Fsp3) is 0.417. The number of nitrogens with zero attached hydrogens (tertiary/aromatic N) is 2. The van der Waals surface area contributed by atoms with Crippen LogP contribution in [-0.2, 0) is 0 Å². The molecule has 0 spiro atoms. The molecule has 0 saturated carbocycles. The van der Waals surface area contributed by atoms with E-state index in [1.54, 1.807) is 0 Å². The van der Waals surface area contributed by atoms with E-state index in [1.807, 2.05) is 60.0 Å². The summed E-state index contributed by atoms with van der Waals surface area (Å²) in [6.07, 6.45) is 2.99. The molecule has 29 heavy (non-hydrogen) atoms. The summed E-state index contributed by atoms with van der Waals surface area (Å²) in [7, 11) is 0. The van der Waals surface area contributed by atoms with Crippen molar-refractivity contribution >= 4 is 11.4 Å². The molecule has 0 aliphatic rings. The maximum absolute atomic E-state index is 13.1. The smallest absolute Gasteiger partial charge is 0.182 e. The van der Waals surface area contributed by atoms with Crippen LogP contribution < -0.4 is 4.74 Å². The first-order chi connectivity index (χ1) is 13.8. The number of hydrogen-bond acceptors (Lipinski definition) is 4. The third-order valence-corrected chi connectivity index (χ3v) is 5.09. The first-order valence-corrected chi connectivity index (χ1v) is 10.1. The van der Waals surface area contributed by atoms with Gasteiger partial charge in [0.1, 0.15) is 5.69 Å². The van der Waals surface area contributed by atoms with Gasteiger partial charge in [0.15, 0.2) is 17.2 Å². The summed E-state index contributed by atoms with van der Waals surface area (Å²) in [4.78, 5) is 17.7. The van der Waals surface area contributed by atoms with Gasteiger partial charge in [0.25, 0.3) is 0 Å². The average Bonchev–Trinajstić information content (AvgIpc) is 3.02. The lowest BCUT2D eigenvalue weighted by molar-refractivity contribution is 0.0953. The number of aliphatic hydroxyl groups excluding tert-OH is 1. The van der Waals surface area contributed by atoms with Gasteiger partial charge in [-0.15, -0.1) is 0 Å². The Labute approximate surface area is 172 Å². The molecule has 3 rings (SSSR count). The third kappa shape index (κ3) is 5.04. The molecule has 0 radical (unpaired) electrons. The summed E-state index contributed by atoms with van der Waals surface area (Å²) in [6.45, 7) is 8.90. The maximum atomic E-state index is 13.1. The van der Waals surface area contributed by atoms with E-state index in [1.165, 1.54) is 0 Å². The van der Waals surface area contributed by atoms with Gasteiger partial charge >= 0.3 is 0 Å². The molecule has 0 amide bonds. The van der Waals surface area contributed by atoms with Crippen molar-refractivity contribution in [3.05, 3.63) is 65.6 Å². The van der Waals surface area contributed by atoms with Crippen molar-refractivity contribution in [3.63, 3.8) is 0 Å². The molecule has 1 aromatic carbocycles. The number of hydrogen-bond donors (Lipinski definition) is 1. The van der Waals surface area contributed by atoms with Gasteiger partial charge in [-0.05, 0) is 36.5 Å². The van der Waals surface area contributed by atoms with Crippen LogP contribution in [0.25, 0.3) is 5.65 Å². The van der Waals surface area contributed by atoms with E-state index in [2.05, 4.69) is 25.8 Å². The molecule has 0 aliphatic carbocycles. The SMILES string of the molecule is Cc1nc2c(OCCC(C)(C)C)cccn2c1C(=O)C[C@@H](CO)c1ccccc1. The molecule has 0 bridgehead atoms. The molecule has 1 N–H and O–H groups in total. The maximum Gasteiger partial charge on any atom is 0.182 e. The van der Waals surface area contributed by atoms with E-state index in [4.69, 9.17) is 4.74 Å². The lowest BCUT2D eigenvalue weighted by atomic mass is 9.93. The van der Waals surface area contributed by atoms with Crippen molar-refractivity contribution < 1.29 is 14.6 Å². The molecule has 154 valence electrons. The Bertz CT molecular complexity index is 971. The van der Waals surface area contributed by atoms with Crippen molar-refractivity contribution in [2.75, 3.05) is 13.2 Å². The molecular formula is C24H30N2O3. The highest BCUT2D eigenvalue weighted by molar-refractivity contribution is 5.97. The Morgan fingerprint density at radius 3 is 2.55 bits per heavy atom. The number of ketones is 1. The Hall–Kier alpha value is -2.66. The average molecular weight is 395 g/mol. The minimum absolute atomic E-state index is 0.0373. The zero-order chi connectivity index (χ0) is 21.0. The van der Waals surface area contributed by atoms with Crippen molar-refractivity contribution in [3.8, 4) is 5.75 Å². The van der Waals surface area contributed by atoms with Gasteiger partial charge in [0.05, 0.1) is 18.9 Å². The van der Waals surface area contributed by atoms with Crippen LogP contribution in [0.2, 0.25) is 0 Å². The molecule has 0 fully saturated rings. The van der Waals surface area contributed by atoms with Crippen LogP contribution in [0.1, 0.15) is 61.3 Å².